The number of allylic oxidation sites excluding steroid dienone is 4. The van der Waals surface area contributed by atoms with E-state index in [0.717, 1.165) is 17.6 Å². The normalized spacial score (nSPS) is 19.3. The van der Waals surface area contributed by atoms with Crippen molar-refractivity contribution in [1.29, 1.82) is 0 Å². The summed E-state index contributed by atoms with van der Waals surface area (Å²) in [6.45, 7) is 2.16. The van der Waals surface area contributed by atoms with Crippen molar-refractivity contribution in [2.45, 2.75) is 13.3 Å². The van der Waals surface area contributed by atoms with Crippen LogP contribution in [0.2, 0.25) is 0 Å². The Labute approximate surface area is 94.9 Å². The highest BCUT2D eigenvalue weighted by molar-refractivity contribution is 5.89. The molecule has 82 valence electrons. The van der Waals surface area contributed by atoms with E-state index in [1.165, 1.54) is 0 Å². The van der Waals surface area contributed by atoms with Gasteiger partial charge in [-0.15, -0.1) is 0 Å². The Morgan fingerprint density at radius 1 is 1.44 bits per heavy atom. The molecule has 0 radical (unpaired) electrons. The highest BCUT2D eigenvalue weighted by Crippen LogP contribution is 2.24. The lowest BCUT2D eigenvalue weighted by atomic mass is 9.93. The Morgan fingerprint density at radius 3 is 2.94 bits per heavy atom. The number of aromatic carboxylic acids is 1. The third-order valence-electron chi connectivity index (χ3n) is 2.71. The fourth-order valence-corrected chi connectivity index (χ4v) is 1.86. The topological polar surface area (TPSA) is 37.3 Å². The van der Waals surface area contributed by atoms with Gasteiger partial charge in [-0.2, -0.15) is 0 Å². The Balaban J connectivity index is 2.37. The molecule has 1 atom stereocenters. The van der Waals surface area contributed by atoms with Gasteiger partial charge in [0.05, 0.1) is 5.56 Å². The molecule has 1 aliphatic carbocycles. The molecule has 2 nitrogen and oxygen atoms in total. The number of rotatable bonds is 2. The zero-order chi connectivity index (χ0) is 11.5. The highest BCUT2D eigenvalue weighted by Gasteiger charge is 2.08. The average molecular weight is 214 g/mol. The van der Waals surface area contributed by atoms with Crippen LogP contribution in [0.15, 0.2) is 42.5 Å². The summed E-state index contributed by atoms with van der Waals surface area (Å²) in [5.74, 6) is -0.358. The van der Waals surface area contributed by atoms with Crippen LogP contribution < -0.4 is 0 Å². The SMILES string of the molecule is CC1C=C(c2cccc(C(=O)O)c2)C=CC1. The van der Waals surface area contributed by atoms with E-state index in [4.69, 9.17) is 5.11 Å². The number of benzene rings is 1. The van der Waals surface area contributed by atoms with E-state index < -0.39 is 5.97 Å². The smallest absolute Gasteiger partial charge is 0.335 e. The molecule has 0 aromatic heterocycles. The van der Waals surface area contributed by atoms with E-state index in [1.807, 2.05) is 6.07 Å². The van der Waals surface area contributed by atoms with E-state index in [1.54, 1.807) is 18.2 Å². The van der Waals surface area contributed by atoms with Crippen molar-refractivity contribution in [3.8, 4) is 0 Å². The minimum absolute atomic E-state index is 0.338. The zero-order valence-electron chi connectivity index (χ0n) is 9.18. The van der Waals surface area contributed by atoms with Crippen LogP contribution in [0.5, 0.6) is 0 Å². The van der Waals surface area contributed by atoms with Crippen LogP contribution in [0, 0.1) is 5.92 Å². The number of carboxylic acid groups (broad SMARTS) is 1. The van der Waals surface area contributed by atoms with Gasteiger partial charge in [0.1, 0.15) is 0 Å². The lowest BCUT2D eigenvalue weighted by Crippen LogP contribution is -1.99. The van der Waals surface area contributed by atoms with Gasteiger partial charge in [-0.3, -0.25) is 0 Å². The third kappa shape index (κ3) is 2.22. The van der Waals surface area contributed by atoms with Crippen molar-refractivity contribution in [2.24, 2.45) is 5.92 Å². The lowest BCUT2D eigenvalue weighted by molar-refractivity contribution is 0.0697. The van der Waals surface area contributed by atoms with E-state index >= 15 is 0 Å². The van der Waals surface area contributed by atoms with Gasteiger partial charge >= 0.3 is 5.97 Å². The van der Waals surface area contributed by atoms with Crippen LogP contribution in [-0.2, 0) is 0 Å². The van der Waals surface area contributed by atoms with Crippen LogP contribution in [0.3, 0.4) is 0 Å². The quantitative estimate of drug-likeness (QED) is 0.819. The summed E-state index contributed by atoms with van der Waals surface area (Å²) in [5.41, 5.74) is 2.43. The molecule has 2 rings (SSSR count). The molecular formula is C14H14O2. The second-order valence-corrected chi connectivity index (χ2v) is 4.12. The highest BCUT2D eigenvalue weighted by atomic mass is 16.4. The number of carbonyl (C=O) groups is 1. The molecule has 1 N–H and O–H groups in total. The Hall–Kier alpha value is -1.83. The monoisotopic (exact) mass is 214 g/mol. The first-order valence-electron chi connectivity index (χ1n) is 5.39. The Bertz CT molecular complexity index is 469. The van der Waals surface area contributed by atoms with Gasteiger partial charge in [-0.25, -0.2) is 4.79 Å². The van der Waals surface area contributed by atoms with Crippen molar-refractivity contribution >= 4 is 11.5 Å². The maximum Gasteiger partial charge on any atom is 0.335 e. The van der Waals surface area contributed by atoms with Crippen LogP contribution in [0.25, 0.3) is 5.57 Å². The van der Waals surface area contributed by atoms with E-state index in [9.17, 15) is 4.79 Å². The molecule has 2 heteroatoms. The molecule has 0 saturated heterocycles. The van der Waals surface area contributed by atoms with Gasteiger partial charge in [-0.1, -0.05) is 37.3 Å². The molecular weight excluding hydrogens is 200 g/mol. The number of carboxylic acids is 1. The predicted molar refractivity (Wildman–Crippen MR) is 64.3 cm³/mol. The molecule has 1 unspecified atom stereocenters. The van der Waals surface area contributed by atoms with Crippen molar-refractivity contribution in [2.75, 3.05) is 0 Å². The summed E-state index contributed by atoms with van der Waals surface area (Å²) in [6.07, 6.45) is 7.43. The fraction of sp³-hybridized carbons (Fsp3) is 0.214. The molecule has 0 fully saturated rings. The van der Waals surface area contributed by atoms with Gasteiger partial charge in [0.25, 0.3) is 0 Å². The van der Waals surface area contributed by atoms with E-state index in [0.29, 0.717) is 11.5 Å². The van der Waals surface area contributed by atoms with Gasteiger partial charge in [-0.05, 0) is 35.6 Å². The second-order valence-electron chi connectivity index (χ2n) is 4.12. The first-order chi connectivity index (χ1) is 7.66. The molecule has 0 heterocycles. The van der Waals surface area contributed by atoms with Crippen LogP contribution in [0.1, 0.15) is 29.3 Å². The maximum atomic E-state index is 10.9. The minimum Gasteiger partial charge on any atom is -0.478 e. The Kier molecular flexibility index (Phi) is 2.91. The van der Waals surface area contributed by atoms with Crippen molar-refractivity contribution < 1.29 is 9.90 Å². The van der Waals surface area contributed by atoms with Crippen molar-refractivity contribution in [3.05, 3.63) is 53.6 Å². The zero-order valence-corrected chi connectivity index (χ0v) is 9.18. The van der Waals surface area contributed by atoms with Crippen LogP contribution in [0.4, 0.5) is 0 Å². The lowest BCUT2D eigenvalue weighted by Gasteiger charge is -2.12. The van der Waals surface area contributed by atoms with Gasteiger partial charge in [0, 0.05) is 0 Å². The molecule has 0 bridgehead atoms. The number of hydrogen-bond donors (Lipinski definition) is 1. The molecule has 1 aliphatic rings. The summed E-state index contributed by atoms with van der Waals surface area (Å²) in [4.78, 5) is 10.9. The minimum atomic E-state index is -0.879. The molecule has 0 saturated carbocycles. The second kappa shape index (κ2) is 4.35. The van der Waals surface area contributed by atoms with Gasteiger partial charge < -0.3 is 5.11 Å². The fourth-order valence-electron chi connectivity index (χ4n) is 1.86. The molecule has 0 aliphatic heterocycles. The number of hydrogen-bond acceptors (Lipinski definition) is 1. The summed E-state index contributed by atoms with van der Waals surface area (Å²) in [7, 11) is 0. The standard InChI is InChI=1S/C14H14O2/c1-10-4-2-5-11(8-10)12-6-3-7-13(9-12)14(15)16/h2-3,5-10H,4H2,1H3,(H,15,16). The van der Waals surface area contributed by atoms with Crippen molar-refractivity contribution in [1.82, 2.24) is 0 Å². The molecule has 1 aromatic carbocycles. The largest absolute Gasteiger partial charge is 0.478 e. The Morgan fingerprint density at radius 2 is 2.25 bits per heavy atom. The van der Waals surface area contributed by atoms with E-state index in [2.05, 4.69) is 25.2 Å². The van der Waals surface area contributed by atoms with Crippen LogP contribution >= 0.6 is 0 Å². The average Bonchev–Trinajstić information content (AvgIpc) is 2.29. The summed E-state index contributed by atoms with van der Waals surface area (Å²) < 4.78 is 0. The third-order valence-corrected chi connectivity index (χ3v) is 2.71. The summed E-state index contributed by atoms with van der Waals surface area (Å²) in [5, 5.41) is 8.92. The van der Waals surface area contributed by atoms with Crippen molar-refractivity contribution in [3.63, 3.8) is 0 Å². The van der Waals surface area contributed by atoms with Gasteiger partial charge in [0.15, 0.2) is 0 Å². The summed E-state index contributed by atoms with van der Waals surface area (Å²) >= 11 is 0. The first kappa shape index (κ1) is 10.7. The molecule has 0 spiro atoms. The molecule has 0 amide bonds. The molecule has 16 heavy (non-hydrogen) atoms. The first-order valence-corrected chi connectivity index (χ1v) is 5.39. The maximum absolute atomic E-state index is 10.9. The summed E-state index contributed by atoms with van der Waals surface area (Å²) in [6, 6.07) is 7.06. The van der Waals surface area contributed by atoms with Gasteiger partial charge in [0.2, 0.25) is 0 Å². The van der Waals surface area contributed by atoms with Crippen LogP contribution in [-0.4, -0.2) is 11.1 Å². The molecule has 1 aromatic rings. The van der Waals surface area contributed by atoms with E-state index in [-0.39, 0.29) is 0 Å². The predicted octanol–water partition coefficient (Wildman–Crippen LogP) is 3.36.